The molecule has 2 nitrogen and oxygen atoms in total. The molecule has 4 heteroatoms. The van der Waals surface area contributed by atoms with E-state index in [9.17, 15) is 8.78 Å². The van der Waals surface area contributed by atoms with Crippen molar-refractivity contribution in [1.29, 1.82) is 0 Å². The minimum atomic E-state index is -0.920. The van der Waals surface area contributed by atoms with Gasteiger partial charge in [-0.05, 0) is 48.1 Å². The Bertz CT molecular complexity index is 803. The van der Waals surface area contributed by atoms with E-state index in [-0.39, 0.29) is 5.75 Å². The standard InChI is InChI=1S/C21H21F2NO/c1-25-20-12-16(11-19(22)21(20)23)15-9-17-7-8-18(10-15)24(17)13-14-5-3-2-4-6-14/h2-6,9,11-12,17-18H,7-8,10,13H2,1H3. The van der Waals surface area contributed by atoms with Crippen LogP contribution in [0.1, 0.15) is 30.4 Å². The number of nitrogens with zero attached hydrogens (tertiary/aromatic N) is 1. The summed E-state index contributed by atoms with van der Waals surface area (Å²) in [5, 5.41) is 0. The molecular weight excluding hydrogens is 320 g/mol. The zero-order valence-corrected chi connectivity index (χ0v) is 14.2. The molecule has 25 heavy (non-hydrogen) atoms. The fourth-order valence-corrected chi connectivity index (χ4v) is 4.07. The molecule has 2 bridgehead atoms. The maximum absolute atomic E-state index is 13.9. The van der Waals surface area contributed by atoms with E-state index < -0.39 is 11.6 Å². The first kappa shape index (κ1) is 16.3. The lowest BCUT2D eigenvalue weighted by molar-refractivity contribution is 0.203. The Hall–Kier alpha value is -2.20. The zero-order valence-electron chi connectivity index (χ0n) is 14.2. The van der Waals surface area contributed by atoms with E-state index in [1.165, 1.54) is 18.7 Å². The van der Waals surface area contributed by atoms with Gasteiger partial charge < -0.3 is 4.74 Å². The molecule has 4 rings (SSSR count). The van der Waals surface area contributed by atoms with E-state index in [0.717, 1.165) is 36.9 Å². The van der Waals surface area contributed by atoms with Gasteiger partial charge in [-0.3, -0.25) is 4.90 Å². The molecule has 0 N–H and O–H groups in total. The Kier molecular flexibility index (Phi) is 4.30. The highest BCUT2D eigenvalue weighted by molar-refractivity contribution is 5.69. The minimum Gasteiger partial charge on any atom is -0.494 e. The molecule has 2 aromatic carbocycles. The normalized spacial score (nSPS) is 22.8. The van der Waals surface area contributed by atoms with Crippen molar-refractivity contribution in [2.24, 2.45) is 0 Å². The maximum Gasteiger partial charge on any atom is 0.200 e. The Morgan fingerprint density at radius 1 is 1.12 bits per heavy atom. The lowest BCUT2D eigenvalue weighted by Gasteiger charge is -2.34. The second-order valence-electron chi connectivity index (χ2n) is 6.83. The van der Waals surface area contributed by atoms with Gasteiger partial charge in [-0.2, -0.15) is 4.39 Å². The largest absolute Gasteiger partial charge is 0.494 e. The van der Waals surface area contributed by atoms with Crippen LogP contribution in [-0.4, -0.2) is 24.1 Å². The highest BCUT2D eigenvalue weighted by Gasteiger charge is 2.36. The summed E-state index contributed by atoms with van der Waals surface area (Å²) >= 11 is 0. The highest BCUT2D eigenvalue weighted by Crippen LogP contribution is 2.40. The van der Waals surface area contributed by atoms with Gasteiger partial charge in [0.1, 0.15) is 0 Å². The summed E-state index contributed by atoms with van der Waals surface area (Å²) in [5.74, 6) is -1.80. The van der Waals surface area contributed by atoms with Crippen molar-refractivity contribution in [2.75, 3.05) is 7.11 Å². The molecule has 1 saturated heterocycles. The Morgan fingerprint density at radius 3 is 2.64 bits per heavy atom. The number of halogens is 2. The van der Waals surface area contributed by atoms with Crippen LogP contribution in [-0.2, 0) is 6.54 Å². The molecule has 0 spiro atoms. The van der Waals surface area contributed by atoms with Gasteiger partial charge in [-0.1, -0.05) is 36.4 Å². The predicted octanol–water partition coefficient (Wildman–Crippen LogP) is 4.79. The van der Waals surface area contributed by atoms with E-state index in [0.29, 0.717) is 12.1 Å². The second-order valence-corrected chi connectivity index (χ2v) is 6.83. The van der Waals surface area contributed by atoms with E-state index in [2.05, 4.69) is 35.2 Å². The molecular formula is C21H21F2NO. The summed E-state index contributed by atoms with van der Waals surface area (Å²) in [6, 6.07) is 14.2. The average molecular weight is 341 g/mol. The van der Waals surface area contributed by atoms with Gasteiger partial charge in [-0.25, -0.2) is 4.39 Å². The van der Waals surface area contributed by atoms with Crippen molar-refractivity contribution in [3.8, 4) is 5.75 Å². The SMILES string of the molecule is COc1cc(C2=CC3CCC(C2)N3Cc2ccccc2)cc(F)c1F. The van der Waals surface area contributed by atoms with Gasteiger partial charge in [0.2, 0.25) is 5.82 Å². The van der Waals surface area contributed by atoms with Crippen LogP contribution < -0.4 is 4.74 Å². The van der Waals surface area contributed by atoms with E-state index >= 15 is 0 Å². The predicted molar refractivity (Wildman–Crippen MR) is 94.3 cm³/mol. The topological polar surface area (TPSA) is 12.5 Å². The molecule has 0 saturated carbocycles. The van der Waals surface area contributed by atoms with Crippen LogP contribution in [0.3, 0.4) is 0 Å². The fourth-order valence-electron chi connectivity index (χ4n) is 4.07. The van der Waals surface area contributed by atoms with Crippen LogP contribution in [0.2, 0.25) is 0 Å². The quantitative estimate of drug-likeness (QED) is 0.792. The van der Waals surface area contributed by atoms with E-state index in [1.807, 2.05) is 6.07 Å². The van der Waals surface area contributed by atoms with Gasteiger partial charge in [0.25, 0.3) is 0 Å². The second kappa shape index (κ2) is 6.60. The third kappa shape index (κ3) is 3.07. The Labute approximate surface area is 146 Å². The number of hydrogen-bond acceptors (Lipinski definition) is 2. The lowest BCUT2D eigenvalue weighted by atomic mass is 9.94. The van der Waals surface area contributed by atoms with Crippen molar-refractivity contribution in [2.45, 2.75) is 37.9 Å². The van der Waals surface area contributed by atoms with Crippen molar-refractivity contribution in [1.82, 2.24) is 4.90 Å². The van der Waals surface area contributed by atoms with Crippen LogP contribution in [0, 0.1) is 11.6 Å². The van der Waals surface area contributed by atoms with Gasteiger partial charge in [-0.15, -0.1) is 0 Å². The van der Waals surface area contributed by atoms with Crippen LogP contribution in [0.15, 0.2) is 48.5 Å². The third-order valence-electron chi connectivity index (χ3n) is 5.33. The first-order valence-corrected chi connectivity index (χ1v) is 8.69. The van der Waals surface area contributed by atoms with E-state index in [1.54, 1.807) is 6.07 Å². The molecule has 2 heterocycles. The first-order valence-electron chi connectivity index (χ1n) is 8.69. The molecule has 0 aliphatic carbocycles. The molecule has 0 aromatic heterocycles. The number of rotatable bonds is 4. The molecule has 0 radical (unpaired) electrons. The van der Waals surface area contributed by atoms with Crippen molar-refractivity contribution < 1.29 is 13.5 Å². The van der Waals surface area contributed by atoms with Crippen LogP contribution in [0.5, 0.6) is 5.75 Å². The molecule has 0 amide bonds. The lowest BCUT2D eigenvalue weighted by Crippen LogP contribution is -2.37. The van der Waals surface area contributed by atoms with Crippen molar-refractivity contribution in [3.63, 3.8) is 0 Å². The summed E-state index contributed by atoms with van der Waals surface area (Å²) in [6.45, 7) is 0.932. The monoisotopic (exact) mass is 341 g/mol. The third-order valence-corrected chi connectivity index (χ3v) is 5.33. The van der Waals surface area contributed by atoms with Crippen LogP contribution in [0.4, 0.5) is 8.78 Å². The average Bonchev–Trinajstić information content (AvgIpc) is 2.86. The van der Waals surface area contributed by atoms with Crippen molar-refractivity contribution in [3.05, 3.63) is 71.3 Å². The fraction of sp³-hybridized carbons (Fsp3) is 0.333. The molecule has 1 fully saturated rings. The first-order chi connectivity index (χ1) is 12.2. The minimum absolute atomic E-state index is 0.0324. The number of benzene rings is 2. The summed E-state index contributed by atoms with van der Waals surface area (Å²) < 4.78 is 32.5. The number of methoxy groups -OCH3 is 1. The summed E-state index contributed by atoms with van der Waals surface area (Å²) in [4.78, 5) is 2.52. The number of hydrogen-bond donors (Lipinski definition) is 0. The van der Waals surface area contributed by atoms with Crippen LogP contribution >= 0.6 is 0 Å². The van der Waals surface area contributed by atoms with Gasteiger partial charge in [0, 0.05) is 18.6 Å². The Morgan fingerprint density at radius 2 is 1.92 bits per heavy atom. The summed E-state index contributed by atoms with van der Waals surface area (Å²) in [7, 11) is 1.36. The maximum atomic E-state index is 13.9. The highest BCUT2D eigenvalue weighted by atomic mass is 19.2. The zero-order chi connectivity index (χ0) is 17.4. The van der Waals surface area contributed by atoms with Gasteiger partial charge >= 0.3 is 0 Å². The molecule has 2 unspecified atom stereocenters. The molecule has 130 valence electrons. The van der Waals surface area contributed by atoms with Gasteiger partial charge in [0.05, 0.1) is 7.11 Å². The Balaban J connectivity index is 1.60. The molecule has 2 aliphatic rings. The molecule has 2 atom stereocenters. The summed E-state index contributed by atoms with van der Waals surface area (Å²) in [6.07, 6.45) is 5.33. The summed E-state index contributed by atoms with van der Waals surface area (Å²) in [5.41, 5.74) is 3.13. The number of ether oxygens (including phenoxy) is 1. The molecule has 2 aromatic rings. The smallest absolute Gasteiger partial charge is 0.200 e. The number of fused-ring (bicyclic) bond motifs is 2. The van der Waals surface area contributed by atoms with E-state index in [4.69, 9.17) is 4.74 Å². The van der Waals surface area contributed by atoms with Crippen molar-refractivity contribution >= 4 is 5.57 Å². The molecule has 2 aliphatic heterocycles. The van der Waals surface area contributed by atoms with Gasteiger partial charge in [0.15, 0.2) is 11.6 Å². The van der Waals surface area contributed by atoms with Crippen LogP contribution in [0.25, 0.3) is 5.57 Å².